The predicted molar refractivity (Wildman–Crippen MR) is 88.8 cm³/mol. The molecule has 0 unspecified atom stereocenters. The molecule has 1 aliphatic heterocycles. The van der Waals surface area contributed by atoms with Gasteiger partial charge in [-0.1, -0.05) is 30.3 Å². The number of hydrogen-bond acceptors (Lipinski definition) is 5. The maximum absolute atomic E-state index is 11.9. The molecule has 120 valence electrons. The van der Waals surface area contributed by atoms with Crippen LogP contribution in [0.4, 0.5) is 5.69 Å². The number of carbonyl (C=O) groups is 2. The second-order valence-corrected chi connectivity index (χ2v) is 4.91. The van der Waals surface area contributed by atoms with E-state index in [2.05, 4.69) is 15.5 Å². The molecule has 0 saturated heterocycles. The third-order valence-electron chi connectivity index (χ3n) is 3.27. The summed E-state index contributed by atoms with van der Waals surface area (Å²) < 4.78 is 5.18. The normalized spacial score (nSPS) is 14.7. The van der Waals surface area contributed by atoms with Crippen molar-refractivity contribution in [3.63, 3.8) is 0 Å². The van der Waals surface area contributed by atoms with E-state index in [4.69, 9.17) is 9.84 Å². The van der Waals surface area contributed by atoms with Crippen LogP contribution in [0.25, 0.3) is 0 Å². The first-order valence-corrected chi connectivity index (χ1v) is 7.10. The molecule has 7 heteroatoms. The molecule has 7 nitrogen and oxygen atoms in total. The first-order chi connectivity index (χ1) is 11.6. The van der Waals surface area contributed by atoms with Crippen molar-refractivity contribution >= 4 is 29.5 Å². The Morgan fingerprint density at radius 3 is 2.75 bits per heavy atom. The number of ether oxygens (including phenoxy) is 1. The molecule has 2 N–H and O–H groups in total. The molecular weight excluding hydrogens is 310 g/mol. The van der Waals surface area contributed by atoms with E-state index >= 15 is 0 Å². The largest absolute Gasteiger partial charge is 0.481 e. The highest BCUT2D eigenvalue weighted by Crippen LogP contribution is 2.22. The van der Waals surface area contributed by atoms with Crippen molar-refractivity contribution in [2.24, 2.45) is 10.2 Å². The number of benzene rings is 2. The fraction of sp³-hybridized carbons (Fsp3) is 0.0588. The van der Waals surface area contributed by atoms with Gasteiger partial charge in [-0.25, -0.2) is 4.79 Å². The molecule has 24 heavy (non-hydrogen) atoms. The number of rotatable bonds is 5. The molecule has 0 aromatic heterocycles. The van der Waals surface area contributed by atoms with Gasteiger partial charge in [0.05, 0.1) is 11.9 Å². The van der Waals surface area contributed by atoms with Crippen molar-refractivity contribution in [2.45, 2.75) is 0 Å². The van der Waals surface area contributed by atoms with Gasteiger partial charge in [0.1, 0.15) is 5.75 Å². The van der Waals surface area contributed by atoms with Crippen LogP contribution < -0.4 is 10.1 Å². The van der Waals surface area contributed by atoms with E-state index in [0.29, 0.717) is 22.6 Å². The lowest BCUT2D eigenvalue weighted by Crippen LogP contribution is -2.13. The summed E-state index contributed by atoms with van der Waals surface area (Å²) in [5.74, 6) is -1.01. The van der Waals surface area contributed by atoms with Crippen molar-refractivity contribution in [2.75, 3.05) is 11.9 Å². The SMILES string of the molecule is O=C(O)COc1ccccc1C=N/N=C1\C(=O)Nc2ccccc21. The minimum absolute atomic E-state index is 0.228. The smallest absolute Gasteiger partial charge is 0.341 e. The quantitative estimate of drug-likeness (QED) is 0.648. The molecule has 0 spiro atoms. The van der Waals surface area contributed by atoms with E-state index in [-0.39, 0.29) is 11.6 Å². The number of carboxylic acid groups (broad SMARTS) is 1. The molecule has 0 aliphatic carbocycles. The van der Waals surface area contributed by atoms with Gasteiger partial charge in [0.2, 0.25) is 0 Å². The van der Waals surface area contributed by atoms with Crippen molar-refractivity contribution in [1.29, 1.82) is 0 Å². The summed E-state index contributed by atoms with van der Waals surface area (Å²) in [5.41, 5.74) is 2.18. The molecule has 2 aromatic rings. The molecule has 2 aromatic carbocycles. The minimum Gasteiger partial charge on any atom is -0.481 e. The van der Waals surface area contributed by atoms with Gasteiger partial charge in [0.25, 0.3) is 5.91 Å². The second-order valence-electron chi connectivity index (χ2n) is 4.91. The van der Waals surface area contributed by atoms with Crippen molar-refractivity contribution in [1.82, 2.24) is 0 Å². The highest BCUT2D eigenvalue weighted by Gasteiger charge is 2.25. The highest BCUT2D eigenvalue weighted by molar-refractivity contribution is 6.53. The maximum atomic E-state index is 11.9. The standard InChI is InChI=1S/C17H13N3O4/c21-15(22)10-24-14-8-4-1-5-11(14)9-18-20-16-12-6-2-3-7-13(12)19-17(16)23/h1-9H,10H2,(H,21,22)(H,19,20,23). The van der Waals surface area contributed by atoms with Crippen LogP contribution in [0.15, 0.2) is 58.7 Å². The molecule has 0 atom stereocenters. The number of aliphatic carboxylic acids is 1. The van der Waals surface area contributed by atoms with Crippen LogP contribution in [0.5, 0.6) is 5.75 Å². The van der Waals surface area contributed by atoms with Gasteiger partial charge in [0.15, 0.2) is 12.3 Å². The number of amides is 1. The third-order valence-corrected chi connectivity index (χ3v) is 3.27. The average molecular weight is 323 g/mol. The number of carboxylic acids is 1. The maximum Gasteiger partial charge on any atom is 0.341 e. The molecule has 0 saturated carbocycles. The van der Waals surface area contributed by atoms with E-state index < -0.39 is 12.6 Å². The molecule has 1 amide bonds. The number of nitrogens with zero attached hydrogens (tertiary/aromatic N) is 2. The summed E-state index contributed by atoms with van der Waals surface area (Å²) in [6.07, 6.45) is 1.42. The van der Waals surface area contributed by atoms with Gasteiger partial charge in [-0.2, -0.15) is 5.10 Å². The first-order valence-electron chi connectivity index (χ1n) is 7.10. The lowest BCUT2D eigenvalue weighted by Gasteiger charge is -2.05. The van der Waals surface area contributed by atoms with Crippen LogP contribution in [-0.2, 0) is 9.59 Å². The zero-order valence-corrected chi connectivity index (χ0v) is 12.5. The topological polar surface area (TPSA) is 100 Å². The molecule has 0 radical (unpaired) electrons. The first kappa shape index (κ1) is 15.4. The number of anilines is 1. The van der Waals surface area contributed by atoms with Crippen molar-refractivity contribution in [3.8, 4) is 5.75 Å². The minimum atomic E-state index is -1.07. The van der Waals surface area contributed by atoms with Crippen LogP contribution in [0.1, 0.15) is 11.1 Å². The Bertz CT molecular complexity index is 858. The molecule has 0 fully saturated rings. The van der Waals surface area contributed by atoms with Gasteiger partial charge in [-0.3, -0.25) is 4.79 Å². The van der Waals surface area contributed by atoms with Gasteiger partial charge < -0.3 is 15.2 Å². The second kappa shape index (κ2) is 6.74. The Labute approximate surface area is 137 Å². The Morgan fingerprint density at radius 1 is 1.17 bits per heavy atom. The molecule has 1 heterocycles. The highest BCUT2D eigenvalue weighted by atomic mass is 16.5. The van der Waals surface area contributed by atoms with E-state index in [9.17, 15) is 9.59 Å². The van der Waals surface area contributed by atoms with Crippen LogP contribution >= 0.6 is 0 Å². The summed E-state index contributed by atoms with van der Waals surface area (Å²) in [4.78, 5) is 22.5. The molecule has 0 bridgehead atoms. The number of hydrogen-bond donors (Lipinski definition) is 2. The van der Waals surface area contributed by atoms with E-state index in [1.165, 1.54) is 6.21 Å². The fourth-order valence-electron chi connectivity index (χ4n) is 2.21. The molecule has 3 rings (SSSR count). The van der Waals surface area contributed by atoms with E-state index in [0.717, 1.165) is 0 Å². The lowest BCUT2D eigenvalue weighted by molar-refractivity contribution is -0.139. The van der Waals surface area contributed by atoms with Crippen molar-refractivity contribution in [3.05, 3.63) is 59.7 Å². The average Bonchev–Trinajstić information content (AvgIpc) is 2.89. The number of nitrogens with one attached hydrogen (secondary N) is 1. The lowest BCUT2D eigenvalue weighted by atomic mass is 10.1. The number of para-hydroxylation sites is 2. The summed E-state index contributed by atoms with van der Waals surface area (Å²) in [6, 6.07) is 14.0. The Balaban J connectivity index is 1.82. The van der Waals surface area contributed by atoms with Crippen LogP contribution in [0.3, 0.4) is 0 Å². The monoisotopic (exact) mass is 323 g/mol. The van der Waals surface area contributed by atoms with Gasteiger partial charge in [0, 0.05) is 11.1 Å². The van der Waals surface area contributed by atoms with Crippen molar-refractivity contribution < 1.29 is 19.4 Å². The van der Waals surface area contributed by atoms with E-state index in [1.807, 2.05) is 12.1 Å². The predicted octanol–water partition coefficient (Wildman–Crippen LogP) is 1.93. The number of carbonyl (C=O) groups excluding carboxylic acids is 1. The molecule has 1 aliphatic rings. The molecular formula is C17H13N3O4. The fourth-order valence-corrected chi connectivity index (χ4v) is 2.21. The summed E-state index contributed by atoms with van der Waals surface area (Å²) >= 11 is 0. The Hall–Kier alpha value is -3.48. The van der Waals surface area contributed by atoms with Gasteiger partial charge in [-0.15, -0.1) is 5.10 Å². The zero-order chi connectivity index (χ0) is 16.9. The van der Waals surface area contributed by atoms with Gasteiger partial charge in [-0.05, 0) is 18.2 Å². The van der Waals surface area contributed by atoms with Crippen LogP contribution in [0, 0.1) is 0 Å². The Kier molecular flexibility index (Phi) is 4.33. The zero-order valence-electron chi connectivity index (χ0n) is 12.5. The summed E-state index contributed by atoms with van der Waals surface area (Å²) in [7, 11) is 0. The van der Waals surface area contributed by atoms with Crippen LogP contribution in [0.2, 0.25) is 0 Å². The summed E-state index contributed by atoms with van der Waals surface area (Å²) in [5, 5.41) is 19.3. The van der Waals surface area contributed by atoms with Crippen LogP contribution in [-0.4, -0.2) is 35.5 Å². The van der Waals surface area contributed by atoms with Gasteiger partial charge >= 0.3 is 5.97 Å². The van der Waals surface area contributed by atoms with E-state index in [1.54, 1.807) is 36.4 Å². The number of fused-ring (bicyclic) bond motifs is 1. The Morgan fingerprint density at radius 2 is 1.92 bits per heavy atom. The summed E-state index contributed by atoms with van der Waals surface area (Å²) in [6.45, 7) is -0.449. The third kappa shape index (κ3) is 3.30.